The van der Waals surface area contributed by atoms with E-state index in [9.17, 15) is 18.3 Å². The van der Waals surface area contributed by atoms with Gasteiger partial charge in [-0.25, -0.2) is 36.3 Å². The molecule has 0 fully saturated rings. The molecule has 6 N–H and O–H groups in total. The molecule has 4 aromatic rings. The van der Waals surface area contributed by atoms with Crippen LogP contribution in [0, 0.1) is 0 Å². The summed E-state index contributed by atoms with van der Waals surface area (Å²) in [5.74, 6) is 1.27. The molecule has 59 heavy (non-hydrogen) atoms. The number of H-pyrrole nitrogens is 1. The van der Waals surface area contributed by atoms with Crippen LogP contribution in [-0.4, -0.2) is 100 Å². The van der Waals surface area contributed by atoms with E-state index in [0.29, 0.717) is 47.0 Å². The van der Waals surface area contributed by atoms with Gasteiger partial charge in [0.15, 0.2) is 18.5 Å². The minimum Gasteiger partial charge on any atom is -0.497 e. The van der Waals surface area contributed by atoms with Gasteiger partial charge in [0.05, 0.1) is 43.8 Å². The molecule has 0 saturated heterocycles. The van der Waals surface area contributed by atoms with Gasteiger partial charge in [-0.1, -0.05) is 24.3 Å². The molecule has 0 radical (unpaired) electrons. The highest BCUT2D eigenvalue weighted by Crippen LogP contribution is 2.39. The number of benzene rings is 3. The van der Waals surface area contributed by atoms with Crippen molar-refractivity contribution in [3.05, 3.63) is 88.7 Å². The number of nitrogens with two attached hydrogens (primary N) is 1. The third kappa shape index (κ3) is 10.3. The molecule has 316 valence electrons. The molecule has 1 aromatic heterocycles. The van der Waals surface area contributed by atoms with Crippen molar-refractivity contribution in [1.82, 2.24) is 24.3 Å². The average Bonchev–Trinajstić information content (AvgIpc) is 3.87. The van der Waals surface area contributed by atoms with Gasteiger partial charge in [-0.2, -0.15) is 9.42 Å². The minimum absolute atomic E-state index is 0.0772. The first kappa shape index (κ1) is 43.0. The second-order valence-corrected chi connectivity index (χ2v) is 18.3. The zero-order valence-electron chi connectivity index (χ0n) is 33.3. The van der Waals surface area contributed by atoms with Crippen LogP contribution in [0.2, 0.25) is 0 Å². The van der Waals surface area contributed by atoms with E-state index >= 15 is 8.42 Å². The van der Waals surface area contributed by atoms with Gasteiger partial charge in [-0.3, -0.25) is 0 Å². The van der Waals surface area contributed by atoms with Gasteiger partial charge >= 0.3 is 6.09 Å². The second-order valence-electron chi connectivity index (χ2n) is 14.7. The number of alkyl carbamates (subject to hydrolysis) is 1. The molecule has 3 aromatic carbocycles. The number of methoxy groups -OCH3 is 2. The maximum absolute atomic E-state index is 15.6. The van der Waals surface area contributed by atoms with Crippen LogP contribution >= 0.6 is 0 Å². The lowest BCUT2D eigenvalue weighted by molar-refractivity contribution is 0.0494. The van der Waals surface area contributed by atoms with Crippen LogP contribution in [0.3, 0.4) is 0 Å². The molecule has 2 aliphatic heterocycles. The number of nitrogens with zero attached hydrogens (tertiary/aromatic N) is 6. The Morgan fingerprint density at radius 2 is 1.59 bits per heavy atom. The van der Waals surface area contributed by atoms with Crippen molar-refractivity contribution >= 4 is 43.6 Å². The summed E-state index contributed by atoms with van der Waals surface area (Å²) in [6.45, 7) is 4.20. The summed E-state index contributed by atoms with van der Waals surface area (Å²) in [6.07, 6.45) is -1.78. The van der Waals surface area contributed by atoms with Crippen LogP contribution < -0.4 is 30.1 Å². The number of amides is 1. The number of rotatable bonds is 16. The van der Waals surface area contributed by atoms with E-state index in [4.69, 9.17) is 19.9 Å². The molecule has 1 atom stereocenters. The van der Waals surface area contributed by atoms with Crippen LogP contribution in [0.1, 0.15) is 48.8 Å². The maximum atomic E-state index is 15.6. The number of azo groups is 1. The average molecular weight is 853 g/mol. The third-order valence-corrected chi connectivity index (χ3v) is 12.7. The van der Waals surface area contributed by atoms with Gasteiger partial charge in [0.25, 0.3) is 0 Å². The number of aliphatic hydroxyl groups is 1. The van der Waals surface area contributed by atoms with Crippen molar-refractivity contribution in [1.29, 1.82) is 0 Å². The summed E-state index contributed by atoms with van der Waals surface area (Å²) >= 11 is 0. The number of amidine groups is 1. The van der Waals surface area contributed by atoms with E-state index in [0.717, 1.165) is 5.69 Å². The van der Waals surface area contributed by atoms with Crippen molar-refractivity contribution in [2.24, 2.45) is 15.2 Å². The number of ether oxygens (including phenoxy) is 3. The van der Waals surface area contributed by atoms with Gasteiger partial charge in [-0.15, -0.1) is 5.11 Å². The van der Waals surface area contributed by atoms with Crippen LogP contribution in [-0.2, 0) is 50.8 Å². The predicted octanol–water partition coefficient (Wildman–Crippen LogP) is 3.30. The minimum atomic E-state index is -4.84. The fourth-order valence-corrected chi connectivity index (χ4v) is 9.95. The largest absolute Gasteiger partial charge is 0.497 e. The highest BCUT2D eigenvalue weighted by atomic mass is 32.2. The monoisotopic (exact) mass is 852 g/mol. The number of aromatic amines is 1. The van der Waals surface area contributed by atoms with E-state index in [2.05, 4.69) is 35.2 Å². The van der Waals surface area contributed by atoms with Gasteiger partial charge < -0.3 is 40.3 Å². The first-order valence-electron chi connectivity index (χ1n) is 18.6. The molecule has 1 amide bonds. The van der Waals surface area contributed by atoms with Gasteiger partial charge in [0.1, 0.15) is 26.9 Å². The number of aromatic nitrogens is 2. The Hall–Kier alpha value is -5.61. The van der Waals surface area contributed by atoms with Crippen LogP contribution in [0.5, 0.6) is 11.5 Å². The van der Waals surface area contributed by atoms with Crippen molar-refractivity contribution in [3.8, 4) is 11.5 Å². The highest BCUT2D eigenvalue weighted by molar-refractivity contribution is 7.92. The van der Waals surface area contributed by atoms with Crippen molar-refractivity contribution in [2.45, 2.75) is 68.3 Å². The molecule has 0 unspecified atom stereocenters. The summed E-state index contributed by atoms with van der Waals surface area (Å²) in [7, 11) is -6.55. The second kappa shape index (κ2) is 17.7. The van der Waals surface area contributed by atoms with E-state index in [1.54, 1.807) is 69.3 Å². The molecule has 0 spiro atoms. The summed E-state index contributed by atoms with van der Waals surface area (Å²) in [5.41, 5.74) is 8.07. The summed E-state index contributed by atoms with van der Waals surface area (Å²) < 4.78 is 79.5. The fourth-order valence-electron chi connectivity index (χ4n) is 6.48. The number of carbonyl (C=O) groups is 1. The maximum Gasteiger partial charge on any atom is 0.407 e. The standard InChI is InChI=1S/C38H48N10O9S2/c1-38(2,3)57-37(50)40-18-26(49)19-43-58(51,52)32-15-14-31(47-17-16-29-30(22-47)45-36(39)44-29)33(35-41-23-42-46-35)34(32)59(53,54)48(20-24-6-10-27(55-4)11-7-24)21-25-8-12-28(56-5)13-9-25/h6-15,26,43,49H,16-23H2,1-5H3,(H,40,50)(H3,39,44,45)/t26-/m1/s1. The molecule has 6 rings (SSSR count). The Morgan fingerprint density at radius 3 is 2.15 bits per heavy atom. The first-order valence-corrected chi connectivity index (χ1v) is 21.5. The number of imidazole rings is 1. The zero-order chi connectivity index (χ0) is 42.5. The lowest BCUT2D eigenvalue weighted by atomic mass is 10.1. The predicted molar refractivity (Wildman–Crippen MR) is 218 cm³/mol. The van der Waals surface area contributed by atoms with Crippen molar-refractivity contribution < 1.29 is 40.9 Å². The van der Waals surface area contributed by atoms with E-state index in [1.165, 1.54) is 30.7 Å². The van der Waals surface area contributed by atoms with E-state index in [-0.39, 0.29) is 50.2 Å². The van der Waals surface area contributed by atoms with E-state index in [1.807, 2.05) is 4.90 Å². The quantitative estimate of drug-likeness (QED) is 0.109. The summed E-state index contributed by atoms with van der Waals surface area (Å²) in [4.78, 5) is 24.7. The molecular weight excluding hydrogens is 805 g/mol. The Morgan fingerprint density at radius 1 is 0.966 bits per heavy atom. The number of fused-ring (bicyclic) bond motifs is 1. The Bertz CT molecular complexity index is 2380. The Balaban J connectivity index is 1.48. The van der Waals surface area contributed by atoms with Crippen LogP contribution in [0.25, 0.3) is 0 Å². The topological polar surface area (TPSA) is 256 Å². The molecular formula is C38H48N10O9S2. The number of nitrogens with one attached hydrogen (secondary N) is 3. The fraction of sp³-hybridized carbons (Fsp3) is 0.395. The normalized spacial score (nSPS) is 14.8. The smallest absolute Gasteiger partial charge is 0.407 e. The summed E-state index contributed by atoms with van der Waals surface area (Å²) in [6, 6.07) is 16.4. The Labute approximate surface area is 342 Å². The number of carbonyl (C=O) groups excluding carboxylic acids is 1. The first-order chi connectivity index (χ1) is 28.0. The van der Waals surface area contributed by atoms with Gasteiger partial charge in [0, 0.05) is 44.8 Å². The number of aliphatic imine (C=N–C) groups is 1. The number of aliphatic hydroxyl groups excluding tert-OH is 1. The number of nitrogen functional groups attached to an aromatic ring is 1. The van der Waals surface area contributed by atoms with E-state index < -0.39 is 54.2 Å². The number of anilines is 2. The van der Waals surface area contributed by atoms with Gasteiger partial charge in [0.2, 0.25) is 20.0 Å². The zero-order valence-corrected chi connectivity index (χ0v) is 34.9. The molecule has 0 saturated carbocycles. The lowest BCUT2D eigenvalue weighted by Gasteiger charge is -2.32. The molecule has 0 bridgehead atoms. The van der Waals surface area contributed by atoms with Crippen LogP contribution in [0.4, 0.5) is 16.4 Å². The lowest BCUT2D eigenvalue weighted by Crippen LogP contribution is -2.42. The SMILES string of the molecule is COc1ccc(CN(Cc2ccc(OC)cc2)S(=O)(=O)c2c(S(=O)(=O)NC[C@H](O)CNC(=O)OC(C)(C)C)ccc(N3CCc4nc(N)[nH]c4C3)c2C2=NCN=N2)cc1. The summed E-state index contributed by atoms with van der Waals surface area (Å²) in [5, 5.41) is 21.3. The van der Waals surface area contributed by atoms with Crippen molar-refractivity contribution in [2.75, 3.05) is 51.2 Å². The molecule has 19 nitrogen and oxygen atoms in total. The Kier molecular flexibility index (Phi) is 12.9. The number of hydrogen-bond donors (Lipinski definition) is 5. The molecule has 0 aliphatic carbocycles. The van der Waals surface area contributed by atoms with Gasteiger partial charge in [-0.05, 0) is 68.3 Å². The van der Waals surface area contributed by atoms with Crippen molar-refractivity contribution in [3.63, 3.8) is 0 Å². The number of sulfonamides is 2. The highest BCUT2D eigenvalue weighted by Gasteiger charge is 2.39. The molecule has 21 heteroatoms. The molecule has 2 aliphatic rings. The molecule has 3 heterocycles. The number of hydrogen-bond acceptors (Lipinski definition) is 15. The van der Waals surface area contributed by atoms with Crippen LogP contribution in [0.15, 0.2) is 85.7 Å². The third-order valence-electron chi connectivity index (χ3n) is 9.28.